The van der Waals surface area contributed by atoms with Gasteiger partial charge in [0, 0.05) is 37.7 Å². The minimum absolute atomic E-state index is 0.0689. The number of hydrogen-bond acceptors (Lipinski definition) is 9. The third-order valence-electron chi connectivity index (χ3n) is 13.2. The summed E-state index contributed by atoms with van der Waals surface area (Å²) in [7, 11) is -0.931. The second kappa shape index (κ2) is 17.0. The predicted octanol–water partition coefficient (Wildman–Crippen LogP) is 6.46. The molecule has 306 valence electrons. The molecule has 3 atom stereocenters. The van der Waals surface area contributed by atoms with E-state index in [9.17, 15) is 18.0 Å². The molecule has 7 rings (SSSR count). The molecule has 0 radical (unpaired) electrons. The molecule has 0 bridgehead atoms. The number of halogens is 2. The summed E-state index contributed by atoms with van der Waals surface area (Å²) in [5.74, 6) is -0.845. The normalized spacial score (nSPS) is 22.6. The third-order valence-corrected chi connectivity index (χ3v) is 14.9. The molecule has 1 saturated carbocycles. The van der Waals surface area contributed by atoms with Crippen molar-refractivity contribution in [2.24, 2.45) is 17.8 Å². The topological polar surface area (TPSA) is 108 Å². The number of sulfone groups is 1. The first-order valence-electron chi connectivity index (χ1n) is 20.1. The number of carbonyl (C=O) groups is 2. The lowest BCUT2D eigenvalue weighted by Gasteiger charge is -2.55. The van der Waals surface area contributed by atoms with Crippen LogP contribution in [0.4, 0.5) is 20.2 Å². The summed E-state index contributed by atoms with van der Waals surface area (Å²) in [4.78, 5) is 30.9. The molecule has 10 nitrogen and oxygen atoms in total. The Kier molecular flexibility index (Phi) is 12.2. The molecule has 3 aromatic rings. The van der Waals surface area contributed by atoms with Crippen molar-refractivity contribution in [3.8, 4) is 0 Å². The van der Waals surface area contributed by atoms with Crippen LogP contribution in [0.3, 0.4) is 0 Å². The Morgan fingerprint density at radius 2 is 1.65 bits per heavy atom. The zero-order valence-electron chi connectivity index (χ0n) is 32.9. The molecule has 57 heavy (non-hydrogen) atoms. The van der Waals surface area contributed by atoms with Crippen molar-refractivity contribution in [3.05, 3.63) is 96.6 Å². The molecular formula is C44H54F2N4O6S. The summed E-state index contributed by atoms with van der Waals surface area (Å²) in [6.45, 7) is 9.53. The fourth-order valence-corrected chi connectivity index (χ4v) is 11.5. The first kappa shape index (κ1) is 41.0. The van der Waals surface area contributed by atoms with E-state index in [1.54, 1.807) is 19.2 Å². The van der Waals surface area contributed by atoms with Crippen LogP contribution in [0.25, 0.3) is 0 Å². The Balaban J connectivity index is 1.04. The molecule has 1 N–H and O–H groups in total. The van der Waals surface area contributed by atoms with Crippen LogP contribution < -0.4 is 10.2 Å². The molecule has 0 unspecified atom stereocenters. The Hall–Kier alpha value is -4.17. The highest BCUT2D eigenvalue weighted by molar-refractivity contribution is 7.91. The lowest BCUT2D eigenvalue weighted by atomic mass is 9.56. The number of nitrogens with one attached hydrogen (secondary N) is 1. The Bertz CT molecular complexity index is 2060. The van der Waals surface area contributed by atoms with Gasteiger partial charge in [-0.3, -0.25) is 9.59 Å². The Morgan fingerprint density at radius 3 is 2.30 bits per heavy atom. The number of piperidine rings is 1. The van der Waals surface area contributed by atoms with Crippen molar-refractivity contribution in [1.29, 1.82) is 0 Å². The molecular weight excluding hydrogens is 751 g/mol. The van der Waals surface area contributed by atoms with Gasteiger partial charge in [-0.1, -0.05) is 31.2 Å². The van der Waals surface area contributed by atoms with Gasteiger partial charge >= 0.3 is 5.97 Å². The number of carbonyl (C=O) groups excluding carboxylic acids is 2. The number of anilines is 2. The SMILES string of the molecule is C=CC(=O)Nc1cccc(S(=O)(=O)c2ccc(N3CC(CN4CCC([C@@](CN5CCC5)(c5cccc(F)c5)[C@H]5CCC[C@@H]5CC(=O)OC)CC4)(OC)C3)c(F)c2)c1. The van der Waals surface area contributed by atoms with Gasteiger partial charge in [-0.2, -0.15) is 0 Å². The molecule has 1 amide bonds. The first-order chi connectivity index (χ1) is 27.4. The summed E-state index contributed by atoms with van der Waals surface area (Å²) in [6, 6.07) is 17.0. The number of hydrogen-bond donors (Lipinski definition) is 1. The van der Waals surface area contributed by atoms with Crippen LogP contribution in [0.5, 0.6) is 0 Å². The van der Waals surface area contributed by atoms with E-state index in [1.165, 1.54) is 43.5 Å². The average Bonchev–Trinajstić information content (AvgIpc) is 3.64. The predicted molar refractivity (Wildman–Crippen MR) is 215 cm³/mol. The highest BCUT2D eigenvalue weighted by atomic mass is 32.2. The van der Waals surface area contributed by atoms with Gasteiger partial charge in [0.1, 0.15) is 17.2 Å². The third kappa shape index (κ3) is 8.39. The van der Waals surface area contributed by atoms with Crippen LogP contribution in [0, 0.1) is 29.4 Å². The number of ether oxygens (including phenoxy) is 2. The lowest BCUT2D eigenvalue weighted by molar-refractivity contribution is -0.142. The smallest absolute Gasteiger partial charge is 0.305 e. The van der Waals surface area contributed by atoms with Crippen LogP contribution in [0.2, 0.25) is 0 Å². The standard InChI is InChI=1S/C44H54F2N4O6S/c1-4-41(51)47-35-12-7-13-36(25-35)57(53,54)37-15-16-40(39(46)26-37)50-28-43(29-50,56-3)27-49-21-17-32(18-22-49)44(30-48-19-8-20-48,33-10-6-11-34(45)24-33)38-14-5-9-31(38)23-42(52)55-2/h4,6-7,10-13,15-16,24-26,31-32,38H,1,5,8-9,14,17-23,27-30H2,2-3H3,(H,47,51)/t31-,38+,44+/m1/s1. The van der Waals surface area contributed by atoms with Gasteiger partial charge in [-0.15, -0.1) is 0 Å². The van der Waals surface area contributed by atoms with Crippen molar-refractivity contribution in [2.75, 3.05) is 76.8 Å². The maximum atomic E-state index is 15.7. The van der Waals surface area contributed by atoms with E-state index >= 15 is 8.78 Å². The molecule has 0 aromatic heterocycles. The zero-order chi connectivity index (χ0) is 40.4. The van der Waals surface area contributed by atoms with E-state index in [-0.39, 0.29) is 50.4 Å². The largest absolute Gasteiger partial charge is 0.469 e. The lowest BCUT2D eigenvalue weighted by Crippen LogP contribution is -2.68. The van der Waals surface area contributed by atoms with Crippen molar-refractivity contribution >= 4 is 33.1 Å². The number of nitrogens with zero attached hydrogens (tertiary/aromatic N) is 3. The molecule has 3 aromatic carbocycles. The molecule has 1 aliphatic carbocycles. The fourth-order valence-electron chi connectivity index (χ4n) is 10.1. The van der Waals surface area contributed by atoms with Crippen molar-refractivity contribution in [1.82, 2.24) is 9.80 Å². The number of benzene rings is 3. The van der Waals surface area contributed by atoms with Crippen LogP contribution in [-0.4, -0.2) is 102 Å². The van der Waals surface area contributed by atoms with Crippen molar-refractivity contribution in [2.45, 2.75) is 65.8 Å². The van der Waals surface area contributed by atoms with Crippen LogP contribution in [-0.2, 0) is 34.3 Å². The number of amides is 1. The second-order valence-electron chi connectivity index (χ2n) is 16.4. The van der Waals surface area contributed by atoms with E-state index in [1.807, 2.05) is 11.0 Å². The van der Waals surface area contributed by atoms with Gasteiger partial charge in [0.15, 0.2) is 0 Å². The van der Waals surface area contributed by atoms with Crippen LogP contribution in [0.1, 0.15) is 50.5 Å². The van der Waals surface area contributed by atoms with E-state index < -0.39 is 27.2 Å². The van der Waals surface area contributed by atoms with Gasteiger partial charge in [0.2, 0.25) is 15.7 Å². The molecule has 3 heterocycles. The van der Waals surface area contributed by atoms with Gasteiger partial charge in [-0.05, 0) is 136 Å². The quantitative estimate of drug-likeness (QED) is 0.137. The van der Waals surface area contributed by atoms with E-state index in [2.05, 4.69) is 27.8 Å². The molecule has 3 aliphatic heterocycles. The van der Waals surface area contributed by atoms with Gasteiger partial charge < -0.3 is 29.5 Å². The van der Waals surface area contributed by atoms with Crippen LogP contribution in [0.15, 0.2) is 89.2 Å². The molecule has 0 spiro atoms. The van der Waals surface area contributed by atoms with Gasteiger partial charge in [0.25, 0.3) is 0 Å². The molecule has 13 heteroatoms. The maximum Gasteiger partial charge on any atom is 0.305 e. The van der Waals surface area contributed by atoms with Crippen molar-refractivity contribution < 1.29 is 36.3 Å². The summed E-state index contributed by atoms with van der Waals surface area (Å²) in [5, 5.41) is 2.55. The monoisotopic (exact) mass is 804 g/mol. The average molecular weight is 805 g/mol. The highest BCUT2D eigenvalue weighted by Gasteiger charge is 2.53. The first-order valence-corrected chi connectivity index (χ1v) is 21.5. The summed E-state index contributed by atoms with van der Waals surface area (Å²) >= 11 is 0. The number of esters is 1. The summed E-state index contributed by atoms with van der Waals surface area (Å²) < 4.78 is 68.9. The van der Waals surface area contributed by atoms with E-state index in [4.69, 9.17) is 9.47 Å². The van der Waals surface area contributed by atoms with E-state index in [0.717, 1.165) is 89.0 Å². The minimum atomic E-state index is -4.07. The Labute approximate surface area is 335 Å². The molecule has 3 saturated heterocycles. The van der Waals surface area contributed by atoms with Crippen molar-refractivity contribution in [3.63, 3.8) is 0 Å². The second-order valence-corrected chi connectivity index (χ2v) is 18.3. The van der Waals surface area contributed by atoms with E-state index in [0.29, 0.717) is 31.7 Å². The number of methoxy groups -OCH3 is 2. The van der Waals surface area contributed by atoms with Crippen LogP contribution >= 0.6 is 0 Å². The molecule has 4 fully saturated rings. The Morgan fingerprint density at radius 1 is 0.912 bits per heavy atom. The number of likely N-dealkylation sites (tertiary alicyclic amines) is 2. The fraction of sp³-hybridized carbons (Fsp3) is 0.500. The molecule has 4 aliphatic rings. The minimum Gasteiger partial charge on any atom is -0.469 e. The summed E-state index contributed by atoms with van der Waals surface area (Å²) in [5.41, 5.74) is 0.793. The number of rotatable bonds is 15. The maximum absolute atomic E-state index is 15.7. The zero-order valence-corrected chi connectivity index (χ0v) is 33.7. The summed E-state index contributed by atoms with van der Waals surface area (Å²) in [6.07, 6.45) is 7.48. The highest BCUT2D eigenvalue weighted by Crippen LogP contribution is 2.54. The van der Waals surface area contributed by atoms with Gasteiger partial charge in [-0.25, -0.2) is 17.2 Å². The van der Waals surface area contributed by atoms with Gasteiger partial charge in [0.05, 0.1) is 35.7 Å².